The second-order valence-corrected chi connectivity index (χ2v) is 4.36. The molecule has 15 heavy (non-hydrogen) atoms. The molecule has 1 saturated carbocycles. The summed E-state index contributed by atoms with van der Waals surface area (Å²) in [6, 6.07) is 1.84. The molecule has 0 N–H and O–H groups in total. The number of ether oxygens (including phenoxy) is 1. The van der Waals surface area contributed by atoms with E-state index < -0.39 is 0 Å². The van der Waals surface area contributed by atoms with E-state index in [1.165, 1.54) is 19.3 Å². The van der Waals surface area contributed by atoms with Gasteiger partial charge >= 0.3 is 0 Å². The zero-order valence-electron chi connectivity index (χ0n) is 9.44. The Labute approximate surface area is 90.9 Å². The lowest BCUT2D eigenvalue weighted by atomic mass is 9.88. The standard InChI is InChI=1S/C12H18N2O/c1-9-5-3-4-6-11(9)15-12-7-8-13-10(2)14-12/h7-9,11H,3-6H2,1-2H3/t9-,11+/m1/s1. The molecule has 0 radical (unpaired) electrons. The molecule has 1 aromatic heterocycles. The monoisotopic (exact) mass is 206 g/mol. The molecule has 1 fully saturated rings. The van der Waals surface area contributed by atoms with Gasteiger partial charge in [-0.05, 0) is 32.1 Å². The van der Waals surface area contributed by atoms with Crippen LogP contribution in [0.5, 0.6) is 5.88 Å². The molecule has 0 amide bonds. The summed E-state index contributed by atoms with van der Waals surface area (Å²) < 4.78 is 5.90. The Kier molecular flexibility index (Phi) is 3.19. The van der Waals surface area contributed by atoms with Gasteiger partial charge in [0.15, 0.2) is 0 Å². The average molecular weight is 206 g/mol. The van der Waals surface area contributed by atoms with Gasteiger partial charge in [0, 0.05) is 12.3 Å². The summed E-state index contributed by atoms with van der Waals surface area (Å²) in [7, 11) is 0. The molecule has 3 nitrogen and oxygen atoms in total. The molecule has 0 spiro atoms. The van der Waals surface area contributed by atoms with Gasteiger partial charge in [0.2, 0.25) is 5.88 Å². The predicted octanol–water partition coefficient (Wildman–Crippen LogP) is 2.74. The Morgan fingerprint density at radius 3 is 2.87 bits per heavy atom. The van der Waals surface area contributed by atoms with Crippen molar-refractivity contribution in [1.29, 1.82) is 0 Å². The average Bonchev–Trinajstić information content (AvgIpc) is 2.22. The van der Waals surface area contributed by atoms with Crippen molar-refractivity contribution in [2.24, 2.45) is 5.92 Å². The first-order valence-corrected chi connectivity index (χ1v) is 5.72. The molecule has 1 aromatic rings. The summed E-state index contributed by atoms with van der Waals surface area (Å²) in [5.74, 6) is 2.14. The van der Waals surface area contributed by atoms with Gasteiger partial charge in [-0.2, -0.15) is 4.98 Å². The number of hydrogen-bond acceptors (Lipinski definition) is 3. The molecular formula is C12H18N2O. The van der Waals surface area contributed by atoms with Crippen molar-refractivity contribution in [3.8, 4) is 5.88 Å². The van der Waals surface area contributed by atoms with Crippen molar-refractivity contribution < 1.29 is 4.74 Å². The van der Waals surface area contributed by atoms with E-state index >= 15 is 0 Å². The molecule has 2 atom stereocenters. The third kappa shape index (κ3) is 2.67. The second kappa shape index (κ2) is 4.60. The van der Waals surface area contributed by atoms with Crippen LogP contribution in [0.2, 0.25) is 0 Å². The molecular weight excluding hydrogens is 188 g/mol. The Bertz CT molecular complexity index is 327. The highest BCUT2D eigenvalue weighted by atomic mass is 16.5. The quantitative estimate of drug-likeness (QED) is 0.746. The van der Waals surface area contributed by atoms with Gasteiger partial charge in [-0.1, -0.05) is 13.3 Å². The first-order valence-electron chi connectivity index (χ1n) is 5.72. The molecule has 1 aliphatic carbocycles. The maximum atomic E-state index is 5.90. The molecule has 1 heterocycles. The third-order valence-electron chi connectivity index (χ3n) is 3.06. The lowest BCUT2D eigenvalue weighted by Crippen LogP contribution is -2.28. The SMILES string of the molecule is Cc1nccc(O[C@H]2CCCC[C@H]2C)n1. The van der Waals surface area contributed by atoms with Gasteiger partial charge in [-0.15, -0.1) is 0 Å². The van der Waals surface area contributed by atoms with Gasteiger partial charge in [-0.3, -0.25) is 0 Å². The predicted molar refractivity (Wildman–Crippen MR) is 58.8 cm³/mol. The smallest absolute Gasteiger partial charge is 0.216 e. The molecule has 1 aliphatic rings. The van der Waals surface area contributed by atoms with Crippen molar-refractivity contribution in [2.45, 2.75) is 45.6 Å². The maximum Gasteiger partial charge on any atom is 0.216 e. The van der Waals surface area contributed by atoms with Crippen LogP contribution in [-0.2, 0) is 0 Å². The number of aryl methyl sites for hydroxylation is 1. The van der Waals surface area contributed by atoms with E-state index in [9.17, 15) is 0 Å². The largest absolute Gasteiger partial charge is 0.474 e. The van der Waals surface area contributed by atoms with Crippen LogP contribution in [0.15, 0.2) is 12.3 Å². The van der Waals surface area contributed by atoms with Crippen LogP contribution in [0.4, 0.5) is 0 Å². The molecule has 2 rings (SSSR count). The summed E-state index contributed by atoms with van der Waals surface area (Å²) in [5.41, 5.74) is 0. The van der Waals surface area contributed by atoms with Crippen LogP contribution in [0.1, 0.15) is 38.4 Å². The van der Waals surface area contributed by atoms with Crippen molar-refractivity contribution in [3.05, 3.63) is 18.1 Å². The Hall–Kier alpha value is -1.12. The highest BCUT2D eigenvalue weighted by Gasteiger charge is 2.23. The van der Waals surface area contributed by atoms with E-state index in [-0.39, 0.29) is 0 Å². The Balaban J connectivity index is 2.01. The van der Waals surface area contributed by atoms with Crippen molar-refractivity contribution in [3.63, 3.8) is 0 Å². The summed E-state index contributed by atoms with van der Waals surface area (Å²) in [6.07, 6.45) is 7.14. The minimum Gasteiger partial charge on any atom is -0.474 e. The maximum absolute atomic E-state index is 5.90. The third-order valence-corrected chi connectivity index (χ3v) is 3.06. The molecule has 0 unspecified atom stereocenters. The fraction of sp³-hybridized carbons (Fsp3) is 0.667. The first kappa shape index (κ1) is 10.4. The van der Waals surface area contributed by atoms with Gasteiger partial charge in [-0.25, -0.2) is 4.98 Å². The fourth-order valence-electron chi connectivity index (χ4n) is 2.11. The minimum atomic E-state index is 0.341. The van der Waals surface area contributed by atoms with Crippen LogP contribution in [-0.4, -0.2) is 16.1 Å². The number of rotatable bonds is 2. The summed E-state index contributed by atoms with van der Waals surface area (Å²) in [4.78, 5) is 8.33. The number of hydrogen-bond donors (Lipinski definition) is 0. The molecule has 0 aromatic carbocycles. The number of nitrogens with zero attached hydrogens (tertiary/aromatic N) is 2. The van der Waals surface area contributed by atoms with E-state index in [2.05, 4.69) is 16.9 Å². The van der Waals surface area contributed by atoms with Gasteiger partial charge < -0.3 is 4.74 Å². The Morgan fingerprint density at radius 1 is 1.33 bits per heavy atom. The second-order valence-electron chi connectivity index (χ2n) is 4.36. The lowest BCUT2D eigenvalue weighted by Gasteiger charge is -2.28. The lowest BCUT2D eigenvalue weighted by molar-refractivity contribution is 0.0972. The zero-order valence-corrected chi connectivity index (χ0v) is 9.44. The highest BCUT2D eigenvalue weighted by Crippen LogP contribution is 2.27. The zero-order chi connectivity index (χ0) is 10.7. The van der Waals surface area contributed by atoms with Gasteiger partial charge in [0.1, 0.15) is 11.9 Å². The van der Waals surface area contributed by atoms with Crippen LogP contribution >= 0.6 is 0 Å². The van der Waals surface area contributed by atoms with Crippen LogP contribution in [0.25, 0.3) is 0 Å². The highest BCUT2D eigenvalue weighted by molar-refractivity contribution is 5.08. The topological polar surface area (TPSA) is 35.0 Å². The molecule has 82 valence electrons. The summed E-state index contributed by atoms with van der Waals surface area (Å²) >= 11 is 0. The molecule has 0 aliphatic heterocycles. The Morgan fingerprint density at radius 2 is 2.13 bits per heavy atom. The van der Waals surface area contributed by atoms with Crippen molar-refractivity contribution in [2.75, 3.05) is 0 Å². The van der Waals surface area contributed by atoms with Crippen LogP contribution in [0.3, 0.4) is 0 Å². The van der Waals surface area contributed by atoms with Crippen molar-refractivity contribution >= 4 is 0 Å². The van der Waals surface area contributed by atoms with E-state index in [0.29, 0.717) is 12.0 Å². The minimum absolute atomic E-state index is 0.341. The summed E-state index contributed by atoms with van der Waals surface area (Å²) in [5, 5.41) is 0. The molecule has 0 saturated heterocycles. The number of aromatic nitrogens is 2. The first-order chi connectivity index (χ1) is 7.25. The van der Waals surface area contributed by atoms with E-state index in [1.807, 2.05) is 13.0 Å². The van der Waals surface area contributed by atoms with E-state index in [1.54, 1.807) is 6.20 Å². The van der Waals surface area contributed by atoms with Gasteiger partial charge in [0.05, 0.1) is 0 Å². The fourth-order valence-corrected chi connectivity index (χ4v) is 2.11. The summed E-state index contributed by atoms with van der Waals surface area (Å²) in [6.45, 7) is 4.15. The van der Waals surface area contributed by atoms with Crippen LogP contribution in [0, 0.1) is 12.8 Å². The van der Waals surface area contributed by atoms with E-state index in [0.717, 1.165) is 18.1 Å². The molecule has 0 bridgehead atoms. The van der Waals surface area contributed by atoms with Crippen LogP contribution < -0.4 is 4.74 Å². The van der Waals surface area contributed by atoms with Crippen molar-refractivity contribution in [1.82, 2.24) is 9.97 Å². The van der Waals surface area contributed by atoms with E-state index in [4.69, 9.17) is 4.74 Å². The molecule has 3 heteroatoms. The normalized spacial score (nSPS) is 26.3. The van der Waals surface area contributed by atoms with Gasteiger partial charge in [0.25, 0.3) is 0 Å².